The lowest BCUT2D eigenvalue weighted by atomic mass is 10.2. The highest BCUT2D eigenvalue weighted by molar-refractivity contribution is 5.99. The minimum absolute atomic E-state index is 0.321. The largest absolute Gasteiger partial charge is 0.390 e. The number of amides is 1. The fraction of sp³-hybridized carbons (Fsp3) is 0.500. The van der Waals surface area contributed by atoms with Gasteiger partial charge in [0, 0.05) is 26.3 Å². The number of nitrogens with zero attached hydrogens (tertiary/aromatic N) is 2. The van der Waals surface area contributed by atoms with Gasteiger partial charge in [0.1, 0.15) is 0 Å². The first-order valence-electron chi connectivity index (χ1n) is 5.85. The standard InChI is InChI=1S/C12H16F3N3O/c1-3-17-10-8-16-6-4-9(10)11(19)18(2)7-5-12(13,14)15/h4,6,8,17H,3,5,7H2,1-2H3. The van der Waals surface area contributed by atoms with Gasteiger partial charge >= 0.3 is 6.18 Å². The van der Waals surface area contributed by atoms with Crippen LogP contribution in [-0.2, 0) is 0 Å². The molecule has 106 valence electrons. The van der Waals surface area contributed by atoms with Crippen LogP contribution in [0.2, 0.25) is 0 Å². The second-order valence-corrected chi connectivity index (χ2v) is 4.04. The molecule has 1 aromatic heterocycles. The smallest absolute Gasteiger partial charge is 0.383 e. The van der Waals surface area contributed by atoms with Gasteiger partial charge in [-0.15, -0.1) is 0 Å². The molecule has 7 heteroatoms. The molecule has 0 saturated heterocycles. The number of carbonyl (C=O) groups is 1. The molecule has 0 radical (unpaired) electrons. The van der Waals surface area contributed by atoms with Crippen LogP contribution in [0.4, 0.5) is 18.9 Å². The minimum atomic E-state index is -4.27. The van der Waals surface area contributed by atoms with Gasteiger partial charge in [0.2, 0.25) is 0 Å². The van der Waals surface area contributed by atoms with Crippen molar-refractivity contribution in [1.82, 2.24) is 9.88 Å². The van der Waals surface area contributed by atoms with E-state index in [1.54, 1.807) is 0 Å². The molecule has 0 aliphatic heterocycles. The number of pyridine rings is 1. The number of carbonyl (C=O) groups excluding carboxylic acids is 1. The Balaban J connectivity index is 2.76. The third-order valence-electron chi connectivity index (χ3n) is 2.50. The first-order chi connectivity index (χ1) is 8.85. The molecule has 1 aromatic rings. The molecule has 0 aliphatic rings. The Morgan fingerprint density at radius 3 is 2.74 bits per heavy atom. The Morgan fingerprint density at radius 2 is 2.16 bits per heavy atom. The van der Waals surface area contributed by atoms with Gasteiger partial charge in [-0.05, 0) is 13.0 Å². The molecule has 4 nitrogen and oxygen atoms in total. The molecule has 0 atom stereocenters. The van der Waals surface area contributed by atoms with Gasteiger partial charge in [0.25, 0.3) is 5.91 Å². The van der Waals surface area contributed by atoms with Gasteiger partial charge in [-0.1, -0.05) is 0 Å². The molecular weight excluding hydrogens is 259 g/mol. The number of anilines is 1. The van der Waals surface area contributed by atoms with E-state index in [0.29, 0.717) is 17.8 Å². The van der Waals surface area contributed by atoms with Crippen LogP contribution >= 0.6 is 0 Å². The van der Waals surface area contributed by atoms with E-state index in [9.17, 15) is 18.0 Å². The summed E-state index contributed by atoms with van der Waals surface area (Å²) >= 11 is 0. The maximum atomic E-state index is 12.1. The Labute approximate surface area is 109 Å². The summed E-state index contributed by atoms with van der Waals surface area (Å²) in [4.78, 5) is 17.0. The average Bonchev–Trinajstić information content (AvgIpc) is 2.35. The second-order valence-electron chi connectivity index (χ2n) is 4.04. The van der Waals surface area contributed by atoms with E-state index in [1.807, 2.05) is 6.92 Å². The zero-order valence-corrected chi connectivity index (χ0v) is 10.8. The topological polar surface area (TPSA) is 45.2 Å². The van der Waals surface area contributed by atoms with E-state index in [4.69, 9.17) is 0 Å². The number of hydrogen-bond acceptors (Lipinski definition) is 3. The van der Waals surface area contributed by atoms with Crippen LogP contribution in [0.5, 0.6) is 0 Å². The minimum Gasteiger partial charge on any atom is -0.383 e. The molecule has 0 unspecified atom stereocenters. The molecule has 1 amide bonds. The molecule has 0 aliphatic carbocycles. The monoisotopic (exact) mass is 275 g/mol. The lowest BCUT2D eigenvalue weighted by molar-refractivity contribution is -0.136. The lowest BCUT2D eigenvalue weighted by Gasteiger charge is -2.19. The van der Waals surface area contributed by atoms with Crippen LogP contribution in [0.3, 0.4) is 0 Å². The third-order valence-corrected chi connectivity index (χ3v) is 2.50. The number of aromatic nitrogens is 1. The SMILES string of the molecule is CCNc1cnccc1C(=O)N(C)CCC(F)(F)F. The molecule has 0 aromatic carbocycles. The summed E-state index contributed by atoms with van der Waals surface area (Å²) in [5.74, 6) is -0.456. The van der Waals surface area contributed by atoms with Crippen molar-refractivity contribution in [1.29, 1.82) is 0 Å². The summed E-state index contributed by atoms with van der Waals surface area (Å²) in [6.07, 6.45) is -2.37. The molecule has 1 N–H and O–H groups in total. The highest BCUT2D eigenvalue weighted by atomic mass is 19.4. The summed E-state index contributed by atoms with van der Waals surface area (Å²) in [5.41, 5.74) is 0.843. The zero-order chi connectivity index (χ0) is 14.5. The predicted molar refractivity (Wildman–Crippen MR) is 66.0 cm³/mol. The molecule has 19 heavy (non-hydrogen) atoms. The fourth-order valence-electron chi connectivity index (χ4n) is 1.51. The maximum absolute atomic E-state index is 12.1. The van der Waals surface area contributed by atoms with Gasteiger partial charge in [0.15, 0.2) is 0 Å². The Kier molecular flexibility index (Phi) is 5.14. The number of hydrogen-bond donors (Lipinski definition) is 1. The van der Waals surface area contributed by atoms with Gasteiger partial charge in [-0.3, -0.25) is 9.78 Å². The van der Waals surface area contributed by atoms with E-state index in [2.05, 4.69) is 10.3 Å². The lowest BCUT2D eigenvalue weighted by Crippen LogP contribution is -2.31. The average molecular weight is 275 g/mol. The van der Waals surface area contributed by atoms with Gasteiger partial charge in [0.05, 0.1) is 23.9 Å². The highest BCUT2D eigenvalue weighted by Gasteiger charge is 2.28. The Bertz CT molecular complexity index is 434. The van der Waals surface area contributed by atoms with Crippen LogP contribution in [0.25, 0.3) is 0 Å². The van der Waals surface area contributed by atoms with E-state index in [0.717, 1.165) is 4.90 Å². The van der Waals surface area contributed by atoms with Crippen molar-refractivity contribution >= 4 is 11.6 Å². The van der Waals surface area contributed by atoms with E-state index in [-0.39, 0.29) is 6.54 Å². The Hall–Kier alpha value is -1.79. The predicted octanol–water partition coefficient (Wildman–Crippen LogP) is 2.54. The van der Waals surface area contributed by atoms with Crippen molar-refractivity contribution in [3.63, 3.8) is 0 Å². The quantitative estimate of drug-likeness (QED) is 0.898. The first-order valence-corrected chi connectivity index (χ1v) is 5.85. The molecule has 1 heterocycles. The van der Waals surface area contributed by atoms with Crippen molar-refractivity contribution in [2.24, 2.45) is 0 Å². The maximum Gasteiger partial charge on any atom is 0.390 e. The van der Waals surface area contributed by atoms with Crippen LogP contribution < -0.4 is 5.32 Å². The summed E-state index contributed by atoms with van der Waals surface area (Å²) in [6.45, 7) is 2.09. The van der Waals surface area contributed by atoms with Gasteiger partial charge in [-0.2, -0.15) is 13.2 Å². The molecular formula is C12H16F3N3O. The normalized spacial score (nSPS) is 11.2. The summed E-state index contributed by atoms with van der Waals surface area (Å²) in [6, 6.07) is 1.49. The number of rotatable bonds is 5. The molecule has 0 saturated carbocycles. The van der Waals surface area contributed by atoms with E-state index >= 15 is 0 Å². The van der Waals surface area contributed by atoms with Crippen LogP contribution in [0, 0.1) is 0 Å². The summed E-state index contributed by atoms with van der Waals surface area (Å²) in [7, 11) is 1.35. The number of alkyl halides is 3. The van der Waals surface area contributed by atoms with Crippen LogP contribution in [-0.4, -0.2) is 42.1 Å². The highest BCUT2D eigenvalue weighted by Crippen LogP contribution is 2.21. The van der Waals surface area contributed by atoms with Crippen molar-refractivity contribution in [2.45, 2.75) is 19.5 Å². The molecule has 1 rings (SSSR count). The van der Waals surface area contributed by atoms with Crippen LogP contribution in [0.1, 0.15) is 23.7 Å². The van der Waals surface area contributed by atoms with Crippen molar-refractivity contribution in [2.75, 3.05) is 25.5 Å². The van der Waals surface area contributed by atoms with Gasteiger partial charge in [-0.25, -0.2) is 0 Å². The van der Waals surface area contributed by atoms with Gasteiger partial charge < -0.3 is 10.2 Å². The van der Waals surface area contributed by atoms with Crippen LogP contribution in [0.15, 0.2) is 18.5 Å². The third kappa shape index (κ3) is 4.76. The number of halogens is 3. The summed E-state index contributed by atoms with van der Waals surface area (Å²) in [5, 5.41) is 2.95. The van der Waals surface area contributed by atoms with E-state index < -0.39 is 18.5 Å². The molecule has 0 spiro atoms. The molecule has 0 fully saturated rings. The van der Waals surface area contributed by atoms with Crippen molar-refractivity contribution in [3.8, 4) is 0 Å². The van der Waals surface area contributed by atoms with E-state index in [1.165, 1.54) is 25.5 Å². The van der Waals surface area contributed by atoms with Crippen molar-refractivity contribution in [3.05, 3.63) is 24.0 Å². The zero-order valence-electron chi connectivity index (χ0n) is 10.8. The summed E-state index contributed by atoms with van der Waals surface area (Å²) < 4.78 is 36.4. The first kappa shape index (κ1) is 15.3. The van der Waals surface area contributed by atoms with Crippen molar-refractivity contribution < 1.29 is 18.0 Å². The second kappa shape index (κ2) is 6.40. The number of nitrogens with one attached hydrogen (secondary N) is 1. The Morgan fingerprint density at radius 1 is 1.47 bits per heavy atom. The fourth-order valence-corrected chi connectivity index (χ4v) is 1.51. The molecule has 0 bridgehead atoms.